The highest BCUT2D eigenvalue weighted by Crippen LogP contribution is 2.17. The molecule has 1 aliphatic heterocycles. The van der Waals surface area contributed by atoms with Crippen LogP contribution in [0.1, 0.15) is 42.5 Å². The highest BCUT2D eigenvalue weighted by Gasteiger charge is 2.19. The zero-order valence-electron chi connectivity index (χ0n) is 14.6. The molecule has 1 aromatic rings. The Kier molecular flexibility index (Phi) is 6.28. The Balaban J connectivity index is 1.50. The first-order chi connectivity index (χ1) is 12.2. The minimum Gasteiger partial charge on any atom is -0.378 e. The Bertz CT molecular complexity index is 593. The van der Waals surface area contributed by atoms with E-state index >= 15 is 0 Å². The van der Waals surface area contributed by atoms with Crippen molar-refractivity contribution in [1.82, 2.24) is 10.2 Å². The normalized spacial score (nSPS) is 18.6. The predicted octanol–water partition coefficient (Wildman–Crippen LogP) is 2.02. The molecule has 1 heterocycles. The maximum Gasteiger partial charge on any atom is 0.254 e. The predicted molar refractivity (Wildman–Crippen MR) is 96.7 cm³/mol. The zero-order chi connectivity index (χ0) is 17.5. The van der Waals surface area contributed by atoms with Crippen LogP contribution in [0.25, 0.3) is 0 Å². The highest BCUT2D eigenvalue weighted by atomic mass is 16.5. The van der Waals surface area contributed by atoms with Crippen molar-refractivity contribution in [2.75, 3.05) is 38.2 Å². The van der Waals surface area contributed by atoms with Crippen molar-refractivity contribution in [1.29, 1.82) is 0 Å². The van der Waals surface area contributed by atoms with E-state index in [4.69, 9.17) is 4.74 Å². The van der Waals surface area contributed by atoms with Gasteiger partial charge in [-0.3, -0.25) is 9.59 Å². The van der Waals surface area contributed by atoms with Crippen molar-refractivity contribution < 1.29 is 14.3 Å². The van der Waals surface area contributed by atoms with Crippen LogP contribution in [0, 0.1) is 0 Å². The van der Waals surface area contributed by atoms with E-state index in [1.54, 1.807) is 4.90 Å². The average molecular weight is 345 g/mol. The molecule has 0 atom stereocenters. The number of hydrogen-bond donors (Lipinski definition) is 2. The van der Waals surface area contributed by atoms with E-state index in [0.717, 1.165) is 18.5 Å². The smallest absolute Gasteiger partial charge is 0.254 e. The van der Waals surface area contributed by atoms with Gasteiger partial charge in [-0.25, -0.2) is 0 Å². The van der Waals surface area contributed by atoms with E-state index < -0.39 is 0 Å². The van der Waals surface area contributed by atoms with Crippen LogP contribution in [0.5, 0.6) is 0 Å². The van der Waals surface area contributed by atoms with Crippen molar-refractivity contribution in [3.05, 3.63) is 29.8 Å². The summed E-state index contributed by atoms with van der Waals surface area (Å²) < 4.78 is 5.29. The fourth-order valence-corrected chi connectivity index (χ4v) is 3.42. The van der Waals surface area contributed by atoms with Crippen LogP contribution in [0.4, 0.5) is 5.69 Å². The first-order valence-corrected chi connectivity index (χ1v) is 9.23. The molecule has 0 aromatic heterocycles. The third-order valence-electron chi connectivity index (χ3n) is 4.83. The van der Waals surface area contributed by atoms with Gasteiger partial charge in [0.25, 0.3) is 5.91 Å². The molecule has 25 heavy (non-hydrogen) atoms. The van der Waals surface area contributed by atoms with Crippen LogP contribution in [-0.4, -0.2) is 55.6 Å². The minimum atomic E-state index is 0.0109. The van der Waals surface area contributed by atoms with Gasteiger partial charge in [-0.05, 0) is 31.0 Å². The number of amides is 2. The van der Waals surface area contributed by atoms with E-state index in [0.29, 0.717) is 37.9 Å². The summed E-state index contributed by atoms with van der Waals surface area (Å²) in [5.41, 5.74) is 1.43. The molecule has 136 valence electrons. The van der Waals surface area contributed by atoms with Crippen LogP contribution < -0.4 is 10.6 Å². The second kappa shape index (κ2) is 8.85. The molecule has 2 aliphatic rings. The van der Waals surface area contributed by atoms with Crippen molar-refractivity contribution in [2.45, 2.75) is 38.1 Å². The largest absolute Gasteiger partial charge is 0.378 e. The summed E-state index contributed by atoms with van der Waals surface area (Å²) >= 11 is 0. The number of carbonyl (C=O) groups excluding carboxylic acids is 2. The Morgan fingerprint density at radius 3 is 2.64 bits per heavy atom. The zero-order valence-corrected chi connectivity index (χ0v) is 14.6. The van der Waals surface area contributed by atoms with Crippen LogP contribution in [0.3, 0.4) is 0 Å². The van der Waals surface area contributed by atoms with Crippen LogP contribution >= 0.6 is 0 Å². The molecule has 2 fully saturated rings. The molecule has 1 saturated carbocycles. The minimum absolute atomic E-state index is 0.0109. The molecule has 1 saturated heterocycles. The number of nitrogens with zero attached hydrogens (tertiary/aromatic N) is 1. The van der Waals surface area contributed by atoms with Gasteiger partial charge in [0.15, 0.2) is 0 Å². The van der Waals surface area contributed by atoms with Gasteiger partial charge in [0.05, 0.1) is 19.8 Å². The van der Waals surface area contributed by atoms with Crippen LogP contribution in [0.15, 0.2) is 24.3 Å². The van der Waals surface area contributed by atoms with Gasteiger partial charge in [-0.2, -0.15) is 0 Å². The SMILES string of the molecule is O=C(CNc1cccc(C(=O)N2CCOCC2)c1)NC1CCCCC1. The Hall–Kier alpha value is -2.08. The molecular formula is C19H27N3O3. The number of ether oxygens (including phenoxy) is 1. The standard InChI is InChI=1S/C19H27N3O3/c23-18(21-16-6-2-1-3-7-16)14-20-17-8-4-5-15(13-17)19(24)22-9-11-25-12-10-22/h4-5,8,13,16,20H,1-3,6-7,9-12,14H2,(H,21,23). The number of hydrogen-bond acceptors (Lipinski definition) is 4. The number of carbonyl (C=O) groups is 2. The summed E-state index contributed by atoms with van der Waals surface area (Å²) in [5, 5.41) is 6.21. The summed E-state index contributed by atoms with van der Waals surface area (Å²) in [6.07, 6.45) is 5.83. The molecule has 0 spiro atoms. The van der Waals surface area contributed by atoms with E-state index in [1.165, 1.54) is 19.3 Å². The summed E-state index contributed by atoms with van der Waals surface area (Å²) in [6.45, 7) is 2.66. The molecule has 1 aliphatic carbocycles. The van der Waals surface area contributed by atoms with E-state index in [1.807, 2.05) is 24.3 Å². The number of benzene rings is 1. The first kappa shape index (κ1) is 17.7. The van der Waals surface area contributed by atoms with Gasteiger partial charge in [-0.15, -0.1) is 0 Å². The van der Waals surface area contributed by atoms with Crippen molar-refractivity contribution >= 4 is 17.5 Å². The van der Waals surface area contributed by atoms with Gasteiger partial charge < -0.3 is 20.3 Å². The van der Waals surface area contributed by atoms with Gasteiger partial charge in [0.1, 0.15) is 0 Å². The third kappa shape index (κ3) is 5.19. The summed E-state index contributed by atoms with van der Waals surface area (Å²) in [6, 6.07) is 7.66. The second-order valence-corrected chi connectivity index (χ2v) is 6.74. The van der Waals surface area contributed by atoms with E-state index in [9.17, 15) is 9.59 Å². The van der Waals surface area contributed by atoms with Gasteiger partial charge in [0, 0.05) is 30.4 Å². The van der Waals surface area contributed by atoms with Crippen LogP contribution in [-0.2, 0) is 9.53 Å². The van der Waals surface area contributed by atoms with E-state index in [2.05, 4.69) is 10.6 Å². The number of nitrogens with one attached hydrogen (secondary N) is 2. The maximum atomic E-state index is 12.5. The van der Waals surface area contributed by atoms with E-state index in [-0.39, 0.29) is 18.4 Å². The summed E-state index contributed by atoms with van der Waals surface area (Å²) in [4.78, 5) is 26.4. The maximum absolute atomic E-state index is 12.5. The monoisotopic (exact) mass is 345 g/mol. The number of anilines is 1. The molecule has 1 aromatic carbocycles. The van der Waals surface area contributed by atoms with Gasteiger partial charge >= 0.3 is 0 Å². The molecular weight excluding hydrogens is 318 g/mol. The Labute approximate surface area is 148 Å². The lowest BCUT2D eigenvalue weighted by molar-refractivity contribution is -0.120. The molecule has 0 unspecified atom stereocenters. The molecule has 0 bridgehead atoms. The average Bonchev–Trinajstić information content (AvgIpc) is 2.67. The van der Waals surface area contributed by atoms with Crippen molar-refractivity contribution in [3.8, 4) is 0 Å². The molecule has 3 rings (SSSR count). The fourth-order valence-electron chi connectivity index (χ4n) is 3.42. The highest BCUT2D eigenvalue weighted by molar-refractivity contribution is 5.95. The number of morpholine rings is 1. The Morgan fingerprint density at radius 2 is 1.88 bits per heavy atom. The molecule has 0 radical (unpaired) electrons. The second-order valence-electron chi connectivity index (χ2n) is 6.74. The lowest BCUT2D eigenvalue weighted by Crippen LogP contribution is -2.40. The van der Waals surface area contributed by atoms with Crippen molar-refractivity contribution in [2.24, 2.45) is 0 Å². The lowest BCUT2D eigenvalue weighted by Gasteiger charge is -2.27. The topological polar surface area (TPSA) is 70.7 Å². The van der Waals surface area contributed by atoms with Crippen LogP contribution in [0.2, 0.25) is 0 Å². The molecule has 6 heteroatoms. The first-order valence-electron chi connectivity index (χ1n) is 9.23. The van der Waals surface area contributed by atoms with Gasteiger partial charge in [-0.1, -0.05) is 25.3 Å². The lowest BCUT2D eigenvalue weighted by atomic mass is 9.95. The Morgan fingerprint density at radius 1 is 1.12 bits per heavy atom. The fraction of sp³-hybridized carbons (Fsp3) is 0.579. The third-order valence-corrected chi connectivity index (χ3v) is 4.83. The quantitative estimate of drug-likeness (QED) is 0.856. The molecule has 2 N–H and O–H groups in total. The molecule has 2 amide bonds. The van der Waals surface area contributed by atoms with Crippen molar-refractivity contribution in [3.63, 3.8) is 0 Å². The van der Waals surface area contributed by atoms with Gasteiger partial charge in [0.2, 0.25) is 5.91 Å². The summed E-state index contributed by atoms with van der Waals surface area (Å²) in [5.74, 6) is 0.0235. The number of rotatable bonds is 5. The molecule has 6 nitrogen and oxygen atoms in total. The summed E-state index contributed by atoms with van der Waals surface area (Å²) in [7, 11) is 0.